The molecule has 6 nitrogen and oxygen atoms in total. The Bertz CT molecular complexity index is 366. The van der Waals surface area contributed by atoms with Crippen molar-refractivity contribution in [1.29, 1.82) is 0 Å². The van der Waals surface area contributed by atoms with E-state index in [1.165, 1.54) is 14.1 Å². The van der Waals surface area contributed by atoms with Crippen LogP contribution in [0.4, 0.5) is 0 Å². The van der Waals surface area contributed by atoms with Crippen LogP contribution < -0.4 is 0 Å². The number of hydrogen-bond acceptors (Lipinski definition) is 3. The fraction of sp³-hybridized carbons (Fsp3) is 0.889. The van der Waals surface area contributed by atoms with E-state index in [1.807, 2.05) is 0 Å². The summed E-state index contributed by atoms with van der Waals surface area (Å²) in [7, 11) is -0.821. The Labute approximate surface area is 96.0 Å². The summed E-state index contributed by atoms with van der Waals surface area (Å²) in [4.78, 5) is 11.1. The summed E-state index contributed by atoms with van der Waals surface area (Å²) in [5.41, 5.74) is 0. The van der Waals surface area contributed by atoms with Crippen molar-refractivity contribution in [2.45, 2.75) is 25.8 Å². The van der Waals surface area contributed by atoms with Gasteiger partial charge in [0.15, 0.2) is 0 Å². The zero-order valence-corrected chi connectivity index (χ0v) is 10.6. The summed E-state index contributed by atoms with van der Waals surface area (Å²) in [6, 6.07) is -0.943. The van der Waals surface area contributed by atoms with Crippen LogP contribution in [0.25, 0.3) is 0 Å². The van der Waals surface area contributed by atoms with Crippen LogP contribution in [0.2, 0.25) is 0 Å². The highest BCUT2D eigenvalue weighted by Gasteiger charge is 2.41. The lowest BCUT2D eigenvalue weighted by Crippen LogP contribution is -2.54. The van der Waals surface area contributed by atoms with Gasteiger partial charge in [-0.2, -0.15) is 17.0 Å². The van der Waals surface area contributed by atoms with Crippen LogP contribution in [0, 0.1) is 5.92 Å². The van der Waals surface area contributed by atoms with E-state index in [0.717, 1.165) is 15.0 Å². The Hall–Kier alpha value is -0.660. The molecule has 0 aliphatic carbocycles. The maximum Gasteiger partial charge on any atom is 0.322 e. The van der Waals surface area contributed by atoms with Crippen LogP contribution in [-0.2, 0) is 15.0 Å². The molecule has 0 radical (unpaired) electrons. The van der Waals surface area contributed by atoms with E-state index in [-0.39, 0.29) is 12.5 Å². The predicted octanol–water partition coefficient (Wildman–Crippen LogP) is -0.0221. The van der Waals surface area contributed by atoms with Crippen molar-refractivity contribution < 1.29 is 18.3 Å². The number of carboxylic acid groups (broad SMARTS) is 1. The summed E-state index contributed by atoms with van der Waals surface area (Å²) in [6.45, 7) is 2.05. The molecular formula is C9H18N2O4S. The molecule has 7 heteroatoms. The standard InChI is InChI=1S/C9H18N2O4S/c1-7-5-4-6-11(8(7)9(12)13)16(14,15)10(2)3/h7-8H,4-6H2,1-3H3,(H,12,13). The molecule has 94 valence electrons. The highest BCUT2D eigenvalue weighted by molar-refractivity contribution is 7.86. The lowest BCUT2D eigenvalue weighted by molar-refractivity contribution is -0.144. The van der Waals surface area contributed by atoms with Crippen molar-refractivity contribution in [1.82, 2.24) is 8.61 Å². The lowest BCUT2D eigenvalue weighted by Gasteiger charge is -2.37. The Morgan fingerprint density at radius 1 is 1.44 bits per heavy atom. The Morgan fingerprint density at radius 2 is 2.00 bits per heavy atom. The van der Waals surface area contributed by atoms with Gasteiger partial charge in [0.05, 0.1) is 0 Å². The first kappa shape index (κ1) is 13.4. The van der Waals surface area contributed by atoms with Crippen molar-refractivity contribution in [3.05, 3.63) is 0 Å². The van der Waals surface area contributed by atoms with E-state index in [0.29, 0.717) is 6.42 Å². The number of aliphatic carboxylic acids is 1. The topological polar surface area (TPSA) is 77.9 Å². The maximum absolute atomic E-state index is 11.9. The van der Waals surface area contributed by atoms with Gasteiger partial charge >= 0.3 is 5.97 Å². The van der Waals surface area contributed by atoms with Gasteiger partial charge in [-0.25, -0.2) is 0 Å². The normalized spacial score (nSPS) is 28.2. The smallest absolute Gasteiger partial charge is 0.322 e. The largest absolute Gasteiger partial charge is 0.480 e. The molecule has 2 unspecified atom stereocenters. The Balaban J connectivity index is 3.05. The monoisotopic (exact) mass is 250 g/mol. The second-order valence-electron chi connectivity index (χ2n) is 4.30. The van der Waals surface area contributed by atoms with Gasteiger partial charge in [-0.05, 0) is 18.8 Å². The summed E-state index contributed by atoms with van der Waals surface area (Å²) < 4.78 is 26.0. The minimum atomic E-state index is -3.64. The average molecular weight is 250 g/mol. The van der Waals surface area contributed by atoms with Gasteiger partial charge < -0.3 is 5.11 Å². The molecule has 0 bridgehead atoms. The third kappa shape index (κ3) is 2.36. The molecule has 1 N–H and O–H groups in total. The predicted molar refractivity (Wildman–Crippen MR) is 59.1 cm³/mol. The molecule has 1 aliphatic heterocycles. The first-order valence-electron chi connectivity index (χ1n) is 5.20. The molecular weight excluding hydrogens is 232 g/mol. The molecule has 0 spiro atoms. The maximum atomic E-state index is 11.9. The Morgan fingerprint density at radius 3 is 2.44 bits per heavy atom. The number of rotatable bonds is 3. The molecule has 16 heavy (non-hydrogen) atoms. The number of piperidine rings is 1. The van der Waals surface area contributed by atoms with Crippen molar-refractivity contribution in [2.24, 2.45) is 5.92 Å². The molecule has 2 atom stereocenters. The van der Waals surface area contributed by atoms with Crippen molar-refractivity contribution in [3.8, 4) is 0 Å². The van der Waals surface area contributed by atoms with Crippen LogP contribution in [0.15, 0.2) is 0 Å². The van der Waals surface area contributed by atoms with Crippen molar-refractivity contribution >= 4 is 16.2 Å². The van der Waals surface area contributed by atoms with Gasteiger partial charge in [0.1, 0.15) is 6.04 Å². The number of carbonyl (C=O) groups is 1. The first-order valence-corrected chi connectivity index (χ1v) is 6.60. The van der Waals surface area contributed by atoms with Crippen LogP contribution in [0.1, 0.15) is 19.8 Å². The van der Waals surface area contributed by atoms with E-state index < -0.39 is 22.2 Å². The van der Waals surface area contributed by atoms with Crippen LogP contribution >= 0.6 is 0 Å². The fourth-order valence-corrected chi connectivity index (χ4v) is 3.35. The third-order valence-electron chi connectivity index (χ3n) is 2.90. The summed E-state index contributed by atoms with van der Waals surface area (Å²) in [6.07, 6.45) is 1.45. The van der Waals surface area contributed by atoms with Gasteiger partial charge in [0, 0.05) is 20.6 Å². The molecule has 0 aromatic carbocycles. The molecule has 1 heterocycles. The molecule has 0 aromatic heterocycles. The first-order chi connectivity index (χ1) is 7.28. The zero-order chi connectivity index (χ0) is 12.5. The third-order valence-corrected chi connectivity index (χ3v) is 4.82. The van der Waals surface area contributed by atoms with Crippen molar-refractivity contribution in [2.75, 3.05) is 20.6 Å². The van der Waals surface area contributed by atoms with Gasteiger partial charge in [-0.3, -0.25) is 4.79 Å². The molecule has 0 amide bonds. The molecule has 1 aliphatic rings. The average Bonchev–Trinajstić information content (AvgIpc) is 2.16. The second-order valence-corrected chi connectivity index (χ2v) is 6.40. The van der Waals surface area contributed by atoms with E-state index >= 15 is 0 Å². The lowest BCUT2D eigenvalue weighted by atomic mass is 9.93. The van der Waals surface area contributed by atoms with E-state index in [9.17, 15) is 13.2 Å². The SMILES string of the molecule is CC1CCCN(S(=O)(=O)N(C)C)C1C(=O)O. The minimum Gasteiger partial charge on any atom is -0.480 e. The molecule has 0 aromatic rings. The van der Waals surface area contributed by atoms with Crippen LogP contribution in [0.5, 0.6) is 0 Å². The summed E-state index contributed by atoms with van der Waals surface area (Å²) in [5, 5.41) is 9.10. The summed E-state index contributed by atoms with van der Waals surface area (Å²) in [5.74, 6) is -1.22. The minimum absolute atomic E-state index is 0.152. The van der Waals surface area contributed by atoms with Gasteiger partial charge in [-0.1, -0.05) is 6.92 Å². The van der Waals surface area contributed by atoms with Crippen LogP contribution in [-0.4, -0.2) is 54.8 Å². The molecule has 1 fully saturated rings. The molecule has 1 rings (SSSR count). The quantitative estimate of drug-likeness (QED) is 0.763. The highest BCUT2D eigenvalue weighted by Crippen LogP contribution is 2.26. The number of carboxylic acids is 1. The van der Waals surface area contributed by atoms with Crippen molar-refractivity contribution in [3.63, 3.8) is 0 Å². The Kier molecular flexibility index (Phi) is 3.92. The van der Waals surface area contributed by atoms with Gasteiger partial charge in [0.25, 0.3) is 10.2 Å². The number of hydrogen-bond donors (Lipinski definition) is 1. The fourth-order valence-electron chi connectivity index (χ4n) is 1.99. The van der Waals surface area contributed by atoms with E-state index in [2.05, 4.69) is 0 Å². The zero-order valence-electron chi connectivity index (χ0n) is 9.75. The van der Waals surface area contributed by atoms with E-state index in [1.54, 1.807) is 6.92 Å². The second kappa shape index (κ2) is 4.68. The summed E-state index contributed by atoms with van der Waals surface area (Å²) >= 11 is 0. The van der Waals surface area contributed by atoms with Crippen LogP contribution in [0.3, 0.4) is 0 Å². The van der Waals surface area contributed by atoms with Gasteiger partial charge in [-0.15, -0.1) is 0 Å². The van der Waals surface area contributed by atoms with Gasteiger partial charge in [0.2, 0.25) is 0 Å². The molecule has 1 saturated heterocycles. The number of nitrogens with zero attached hydrogens (tertiary/aromatic N) is 2. The highest BCUT2D eigenvalue weighted by atomic mass is 32.2. The van der Waals surface area contributed by atoms with E-state index in [4.69, 9.17) is 5.11 Å². The molecule has 0 saturated carbocycles.